The third-order valence-corrected chi connectivity index (χ3v) is 4.55. The smallest absolute Gasteiger partial charge is 0.387 e. The van der Waals surface area contributed by atoms with Gasteiger partial charge in [0.05, 0.1) is 5.69 Å². The molecule has 0 atom stereocenters. The van der Waals surface area contributed by atoms with Crippen LogP contribution in [0.3, 0.4) is 0 Å². The van der Waals surface area contributed by atoms with Gasteiger partial charge >= 0.3 is 6.61 Å². The standard InChI is InChI=1S/C20H29F2N5O/c1-6-23-20(24-12-11-18-14(2)25-27(5)15(18)3)26(4)13-16-7-9-17(10-8-16)28-19(21)22/h7-10,19H,6,11-13H2,1-5H3,(H,23,24). The number of halogens is 2. The molecule has 0 saturated carbocycles. The summed E-state index contributed by atoms with van der Waals surface area (Å²) in [6.45, 7) is 5.31. The molecular formula is C20H29F2N5O. The molecule has 0 bridgehead atoms. The first kappa shape index (κ1) is 21.7. The number of alkyl halides is 2. The van der Waals surface area contributed by atoms with E-state index in [-0.39, 0.29) is 5.75 Å². The molecule has 0 aliphatic carbocycles. The molecule has 1 aromatic heterocycles. The molecule has 2 rings (SSSR count). The predicted molar refractivity (Wildman–Crippen MR) is 107 cm³/mol. The lowest BCUT2D eigenvalue weighted by Gasteiger charge is -2.22. The fourth-order valence-corrected chi connectivity index (χ4v) is 3.05. The second kappa shape index (κ2) is 10.1. The number of hydrogen-bond donors (Lipinski definition) is 1. The van der Waals surface area contributed by atoms with Crippen LogP contribution in [0, 0.1) is 13.8 Å². The third kappa shape index (κ3) is 5.94. The van der Waals surface area contributed by atoms with Gasteiger partial charge in [0, 0.05) is 39.4 Å². The lowest BCUT2D eigenvalue weighted by atomic mass is 10.1. The van der Waals surface area contributed by atoms with E-state index in [0.717, 1.165) is 35.9 Å². The molecule has 0 spiro atoms. The highest BCUT2D eigenvalue weighted by atomic mass is 19.3. The van der Waals surface area contributed by atoms with Crippen molar-refractivity contribution in [1.82, 2.24) is 20.0 Å². The van der Waals surface area contributed by atoms with Crippen molar-refractivity contribution < 1.29 is 13.5 Å². The Balaban J connectivity index is 2.00. The van der Waals surface area contributed by atoms with E-state index >= 15 is 0 Å². The van der Waals surface area contributed by atoms with Gasteiger partial charge in [-0.05, 0) is 50.5 Å². The van der Waals surface area contributed by atoms with Crippen LogP contribution >= 0.6 is 0 Å². The van der Waals surface area contributed by atoms with Gasteiger partial charge in [0.1, 0.15) is 5.75 Å². The van der Waals surface area contributed by atoms with Crippen LogP contribution in [0.2, 0.25) is 0 Å². The van der Waals surface area contributed by atoms with E-state index < -0.39 is 6.61 Å². The van der Waals surface area contributed by atoms with Crippen LogP contribution in [0.25, 0.3) is 0 Å². The summed E-state index contributed by atoms with van der Waals surface area (Å²) >= 11 is 0. The van der Waals surface area contributed by atoms with Crippen LogP contribution in [0.5, 0.6) is 5.75 Å². The van der Waals surface area contributed by atoms with E-state index in [9.17, 15) is 8.78 Å². The van der Waals surface area contributed by atoms with Crippen molar-refractivity contribution in [2.45, 2.75) is 40.3 Å². The van der Waals surface area contributed by atoms with Gasteiger partial charge in [-0.3, -0.25) is 9.67 Å². The molecule has 2 aromatic rings. The number of guanidine groups is 1. The normalized spacial score (nSPS) is 11.8. The van der Waals surface area contributed by atoms with E-state index in [1.54, 1.807) is 24.3 Å². The van der Waals surface area contributed by atoms with E-state index in [1.165, 1.54) is 5.56 Å². The quantitative estimate of drug-likeness (QED) is 0.552. The number of benzene rings is 1. The van der Waals surface area contributed by atoms with E-state index in [4.69, 9.17) is 4.99 Å². The Bertz CT molecular complexity index is 787. The molecule has 1 aromatic carbocycles. The van der Waals surface area contributed by atoms with Crippen LogP contribution in [-0.4, -0.2) is 47.4 Å². The number of nitrogens with zero attached hydrogens (tertiary/aromatic N) is 4. The first-order valence-electron chi connectivity index (χ1n) is 9.34. The van der Waals surface area contributed by atoms with E-state index in [2.05, 4.69) is 22.1 Å². The van der Waals surface area contributed by atoms with Gasteiger partial charge in [-0.2, -0.15) is 13.9 Å². The average molecular weight is 393 g/mol. The van der Waals surface area contributed by atoms with E-state index in [1.807, 2.05) is 37.5 Å². The fraction of sp³-hybridized carbons (Fsp3) is 0.500. The molecule has 1 heterocycles. The summed E-state index contributed by atoms with van der Waals surface area (Å²) in [5.41, 5.74) is 4.42. The first-order chi connectivity index (χ1) is 13.3. The van der Waals surface area contributed by atoms with Crippen LogP contribution < -0.4 is 10.1 Å². The Morgan fingerprint density at radius 3 is 2.50 bits per heavy atom. The second-order valence-electron chi connectivity index (χ2n) is 6.64. The molecule has 0 saturated heterocycles. The van der Waals surface area contributed by atoms with Crippen molar-refractivity contribution in [2.75, 3.05) is 20.1 Å². The van der Waals surface area contributed by atoms with Gasteiger partial charge in [-0.25, -0.2) is 0 Å². The number of aryl methyl sites for hydroxylation is 2. The molecule has 1 N–H and O–H groups in total. The minimum Gasteiger partial charge on any atom is -0.435 e. The number of aromatic nitrogens is 2. The fourth-order valence-electron chi connectivity index (χ4n) is 3.05. The molecule has 154 valence electrons. The second-order valence-corrected chi connectivity index (χ2v) is 6.64. The van der Waals surface area contributed by atoms with Crippen LogP contribution in [0.15, 0.2) is 29.3 Å². The van der Waals surface area contributed by atoms with Gasteiger partial charge in [0.25, 0.3) is 0 Å². The van der Waals surface area contributed by atoms with Crippen LogP contribution in [0.1, 0.15) is 29.4 Å². The Morgan fingerprint density at radius 2 is 1.96 bits per heavy atom. The Labute approximate surface area is 165 Å². The summed E-state index contributed by atoms with van der Waals surface area (Å²) in [6, 6.07) is 6.65. The number of ether oxygens (including phenoxy) is 1. The van der Waals surface area contributed by atoms with Crippen molar-refractivity contribution in [2.24, 2.45) is 12.0 Å². The highest BCUT2D eigenvalue weighted by Crippen LogP contribution is 2.16. The maximum absolute atomic E-state index is 12.3. The maximum atomic E-state index is 12.3. The molecule has 0 amide bonds. The van der Waals surface area contributed by atoms with E-state index in [0.29, 0.717) is 13.1 Å². The molecular weight excluding hydrogens is 364 g/mol. The summed E-state index contributed by atoms with van der Waals surface area (Å²) in [5, 5.41) is 7.74. The van der Waals surface area contributed by atoms with Gasteiger partial charge in [-0.15, -0.1) is 0 Å². The number of nitrogens with one attached hydrogen (secondary N) is 1. The summed E-state index contributed by atoms with van der Waals surface area (Å²) in [7, 11) is 3.90. The van der Waals surface area contributed by atoms with Gasteiger partial charge in [-0.1, -0.05) is 12.1 Å². The van der Waals surface area contributed by atoms with Gasteiger partial charge < -0.3 is 15.0 Å². The molecule has 8 heteroatoms. The lowest BCUT2D eigenvalue weighted by molar-refractivity contribution is -0.0498. The molecule has 0 radical (unpaired) electrons. The number of hydrogen-bond acceptors (Lipinski definition) is 3. The largest absolute Gasteiger partial charge is 0.435 e. The molecule has 0 fully saturated rings. The van der Waals surface area contributed by atoms with Crippen molar-refractivity contribution in [3.63, 3.8) is 0 Å². The number of rotatable bonds is 8. The zero-order chi connectivity index (χ0) is 20.7. The van der Waals surface area contributed by atoms with Crippen molar-refractivity contribution in [3.05, 3.63) is 46.8 Å². The summed E-state index contributed by atoms with van der Waals surface area (Å²) in [6.07, 6.45) is 0.827. The maximum Gasteiger partial charge on any atom is 0.387 e. The third-order valence-electron chi connectivity index (χ3n) is 4.55. The summed E-state index contributed by atoms with van der Waals surface area (Å²) in [4.78, 5) is 6.73. The lowest BCUT2D eigenvalue weighted by Crippen LogP contribution is -2.38. The molecule has 0 aliphatic heterocycles. The minimum absolute atomic E-state index is 0.157. The average Bonchev–Trinajstić information content (AvgIpc) is 2.88. The zero-order valence-corrected chi connectivity index (χ0v) is 17.2. The Morgan fingerprint density at radius 1 is 1.29 bits per heavy atom. The Kier molecular flexibility index (Phi) is 7.78. The van der Waals surface area contributed by atoms with Crippen molar-refractivity contribution in [3.8, 4) is 5.75 Å². The Hall–Kier alpha value is -2.64. The highest BCUT2D eigenvalue weighted by Gasteiger charge is 2.11. The SMILES string of the molecule is CCNC(=NCCc1c(C)nn(C)c1C)N(C)Cc1ccc(OC(F)F)cc1. The predicted octanol–water partition coefficient (Wildman–Crippen LogP) is 3.28. The topological polar surface area (TPSA) is 54.7 Å². The molecule has 0 aliphatic rings. The first-order valence-corrected chi connectivity index (χ1v) is 9.34. The zero-order valence-electron chi connectivity index (χ0n) is 17.2. The van der Waals surface area contributed by atoms with Crippen molar-refractivity contribution in [1.29, 1.82) is 0 Å². The number of aliphatic imine (C=N–C) groups is 1. The molecule has 0 unspecified atom stereocenters. The summed E-state index contributed by atoms with van der Waals surface area (Å²) in [5.74, 6) is 0.957. The molecule has 28 heavy (non-hydrogen) atoms. The van der Waals surface area contributed by atoms with Crippen LogP contribution in [0.4, 0.5) is 8.78 Å². The van der Waals surface area contributed by atoms with Gasteiger partial charge in [0.2, 0.25) is 0 Å². The van der Waals surface area contributed by atoms with Gasteiger partial charge in [0.15, 0.2) is 5.96 Å². The molecule has 6 nitrogen and oxygen atoms in total. The minimum atomic E-state index is -2.81. The van der Waals surface area contributed by atoms with Crippen LogP contribution in [-0.2, 0) is 20.0 Å². The monoisotopic (exact) mass is 393 g/mol. The van der Waals surface area contributed by atoms with Crippen molar-refractivity contribution >= 4 is 5.96 Å². The highest BCUT2D eigenvalue weighted by molar-refractivity contribution is 5.79. The summed E-state index contributed by atoms with van der Waals surface area (Å²) < 4.78 is 30.8.